The van der Waals surface area contributed by atoms with Crippen molar-refractivity contribution in [1.82, 2.24) is 78.0 Å². The number of pyridine rings is 1. The van der Waals surface area contributed by atoms with Gasteiger partial charge in [0.05, 0.1) is 24.2 Å². The number of carbonyl (C=O) groups excluding carboxylic acids is 12. The lowest BCUT2D eigenvalue weighted by molar-refractivity contribution is -0.148. The molecule has 114 heavy (non-hydrogen) atoms. The summed E-state index contributed by atoms with van der Waals surface area (Å²) in [5.74, 6) is -11.8. The molecule has 3 aromatic carbocycles. The van der Waals surface area contributed by atoms with Gasteiger partial charge in [0, 0.05) is 92.1 Å². The second-order valence-electron chi connectivity index (χ2n) is 29.8. The Labute approximate surface area is 666 Å². The molecule has 6 aromatic rings. The fourth-order valence-corrected chi connectivity index (χ4v) is 15.1. The van der Waals surface area contributed by atoms with E-state index >= 15 is 9.59 Å². The number of phenolic OH excluding ortho intramolecular Hbond substituents is 2. The first-order valence-electron chi connectivity index (χ1n) is 37.5. The van der Waals surface area contributed by atoms with Gasteiger partial charge in [-0.1, -0.05) is 82.6 Å². The first-order valence-corrected chi connectivity index (χ1v) is 39.8. The van der Waals surface area contributed by atoms with Crippen molar-refractivity contribution in [2.75, 3.05) is 18.1 Å². The number of nitrogens with zero attached hydrogens (tertiary/aromatic N) is 3. The van der Waals surface area contributed by atoms with Crippen molar-refractivity contribution in [2.45, 2.75) is 209 Å². The molecule has 614 valence electrons. The number of aromatic hydroxyl groups is 2. The zero-order valence-corrected chi connectivity index (χ0v) is 66.0. The Bertz CT molecular complexity index is 4390. The van der Waals surface area contributed by atoms with Crippen LogP contribution in [-0.4, -0.2) is 223 Å². The van der Waals surface area contributed by atoms with Crippen LogP contribution in [-0.2, 0) is 99.5 Å². The Kier molecular flexibility index (Phi) is 31.9. The predicted octanol–water partition coefficient (Wildman–Crippen LogP) is 0.725. The lowest BCUT2D eigenvalue weighted by Crippen LogP contribution is -2.65. The summed E-state index contributed by atoms with van der Waals surface area (Å²) in [7, 11) is 0. The highest BCUT2D eigenvalue weighted by Crippen LogP contribution is 2.32. The van der Waals surface area contributed by atoms with Crippen LogP contribution in [0.3, 0.4) is 0 Å². The number of thioether (sulfide) groups is 2. The number of primary amides is 1. The maximum Gasteiger partial charge on any atom is 0.303 e. The molecular weight excluding hydrogens is 1510 g/mol. The minimum absolute atomic E-state index is 0.00134. The number of phenols is 2. The summed E-state index contributed by atoms with van der Waals surface area (Å²) in [4.78, 5) is 203. The summed E-state index contributed by atoms with van der Waals surface area (Å²) in [6, 6.07) is 6.25. The minimum atomic E-state index is -1.91. The number of aliphatic carboxylic acids is 1. The summed E-state index contributed by atoms with van der Waals surface area (Å²) in [5, 5.41) is 79.9. The van der Waals surface area contributed by atoms with Crippen LogP contribution in [0, 0.1) is 5.41 Å². The van der Waals surface area contributed by atoms with Crippen molar-refractivity contribution in [3.8, 4) is 11.5 Å². The van der Waals surface area contributed by atoms with Gasteiger partial charge in [0.2, 0.25) is 70.9 Å². The number of rotatable bonds is 16. The van der Waals surface area contributed by atoms with Gasteiger partial charge in [-0.05, 0) is 116 Å². The molecule has 2 bridgehead atoms. The van der Waals surface area contributed by atoms with E-state index in [-0.39, 0.29) is 87.3 Å². The quantitative estimate of drug-likeness (QED) is 0.0635. The third kappa shape index (κ3) is 25.2. The number of carboxylic acid groups (broad SMARTS) is 1. The van der Waals surface area contributed by atoms with E-state index in [9.17, 15) is 78.3 Å². The number of nitrogens with two attached hydrogens (primary N) is 1. The highest BCUT2D eigenvalue weighted by molar-refractivity contribution is 7.98. The number of hydrogen-bond donors (Lipinski definition) is 18. The number of hydrogen-bond acceptors (Lipinski definition) is 21. The fraction of sp³-hybridized carbons (Fsp3) is 0.474. The van der Waals surface area contributed by atoms with Crippen molar-refractivity contribution in [1.29, 1.82) is 0 Å². The van der Waals surface area contributed by atoms with Gasteiger partial charge >= 0.3 is 5.97 Å². The Balaban J connectivity index is 1.14. The van der Waals surface area contributed by atoms with Crippen molar-refractivity contribution in [2.24, 2.45) is 11.1 Å². The molecule has 8 rings (SSSR count). The van der Waals surface area contributed by atoms with Gasteiger partial charge in [-0.15, -0.1) is 0 Å². The van der Waals surface area contributed by atoms with Gasteiger partial charge in [-0.25, -0.2) is 9.97 Å². The molecule has 0 aliphatic carbocycles. The smallest absolute Gasteiger partial charge is 0.303 e. The number of H-pyrrole nitrogens is 2. The van der Waals surface area contributed by atoms with E-state index in [4.69, 9.17) is 5.73 Å². The molecule has 1 fully saturated rings. The Morgan fingerprint density at radius 2 is 1.15 bits per heavy atom. The van der Waals surface area contributed by atoms with Gasteiger partial charge in [0.15, 0.2) is 0 Å². The van der Waals surface area contributed by atoms with E-state index in [1.165, 1.54) is 123 Å². The molecule has 0 spiro atoms. The summed E-state index contributed by atoms with van der Waals surface area (Å²) in [6.45, 7) is 10.5. The van der Waals surface area contributed by atoms with Gasteiger partial charge in [0.25, 0.3) is 0 Å². The van der Waals surface area contributed by atoms with Crippen LogP contribution in [0.25, 0.3) is 11.0 Å². The number of aliphatic hydroxyl groups excluding tert-OH is 2. The molecule has 19 N–H and O–H groups in total. The third-order valence-electron chi connectivity index (χ3n) is 19.6. The third-order valence-corrected chi connectivity index (χ3v) is 21.7. The summed E-state index contributed by atoms with van der Waals surface area (Å²) >= 11 is 2.68. The van der Waals surface area contributed by atoms with E-state index in [1.807, 2.05) is 24.3 Å². The first-order chi connectivity index (χ1) is 54.1. The highest BCUT2D eigenvalue weighted by atomic mass is 32.2. The van der Waals surface area contributed by atoms with Crippen molar-refractivity contribution >= 4 is 111 Å². The molecule has 0 unspecified atom stereocenters. The molecule has 3 aromatic heterocycles. The van der Waals surface area contributed by atoms with Crippen LogP contribution in [0.1, 0.15) is 127 Å². The predicted molar refractivity (Wildman–Crippen MR) is 422 cm³/mol. The number of amides is 12. The van der Waals surface area contributed by atoms with Crippen LogP contribution in [0.5, 0.6) is 11.5 Å². The summed E-state index contributed by atoms with van der Waals surface area (Å²) < 4.78 is 0. The molecule has 36 heteroatoms. The molecule has 2 aliphatic heterocycles. The number of carbonyl (C=O) groups is 13. The van der Waals surface area contributed by atoms with Crippen LogP contribution in [0.15, 0.2) is 110 Å². The lowest BCUT2D eigenvalue weighted by Gasteiger charge is -2.38. The van der Waals surface area contributed by atoms with Gasteiger partial charge in [0.1, 0.15) is 83.1 Å². The zero-order valence-electron chi connectivity index (χ0n) is 64.4. The average molecular weight is 1620 g/mol. The molecule has 13 atom stereocenters. The Morgan fingerprint density at radius 1 is 0.614 bits per heavy atom. The van der Waals surface area contributed by atoms with Crippen LogP contribution in [0.2, 0.25) is 0 Å². The van der Waals surface area contributed by atoms with Crippen LogP contribution in [0.4, 0.5) is 0 Å². The number of fused-ring (bicyclic) bond motifs is 4. The molecule has 2 aliphatic rings. The first kappa shape index (κ1) is 88.5. The van der Waals surface area contributed by atoms with E-state index in [0.717, 1.165) is 11.1 Å². The average Bonchev–Trinajstić information content (AvgIpc) is 1.60. The maximum atomic E-state index is 15.3. The number of carboxylic acids is 1. The fourth-order valence-electron chi connectivity index (χ4n) is 13.2. The minimum Gasteiger partial charge on any atom is -0.508 e. The van der Waals surface area contributed by atoms with E-state index in [1.54, 1.807) is 39.8 Å². The summed E-state index contributed by atoms with van der Waals surface area (Å²) in [6.07, 6.45) is 0.158. The molecule has 12 amide bonds. The second kappa shape index (κ2) is 41.1. The molecule has 0 saturated carbocycles. The normalized spacial score (nSPS) is 24.6. The van der Waals surface area contributed by atoms with Crippen LogP contribution < -0.4 is 58.9 Å². The summed E-state index contributed by atoms with van der Waals surface area (Å²) in [5.41, 5.74) is 6.64. The number of aliphatic hydroxyl groups is 2. The zero-order chi connectivity index (χ0) is 83.1. The maximum absolute atomic E-state index is 15.3. The van der Waals surface area contributed by atoms with E-state index in [0.29, 0.717) is 45.0 Å². The largest absolute Gasteiger partial charge is 0.508 e. The molecule has 5 heterocycles. The standard InChI is InChI=1S/C78H102N16O18S2/c1-8-12-53-67(103)85-54(24-25-61(100)101)68(104)89-58(33-45-18-22-51(98)23-19-45)75(111)94-29-11-27-78(94,7)76(112)93-63(43(3)96)73(109)90-59(65(79)102)40-114-39-47-14-9-13-46(31-47)38-113-30-26-60(99)91-64(77(4,5)6)74(110)88-55(32-44-16-20-50(97)21-17-44)69(105)86-57(35-49-37-80-41-83-49)71(107)92-62(42(2)95)72(108)87-56(70(106)84-53)34-48-36-82-66-52(48)15-10-28-81-66/h9-10,13-23,28,31,36-37,41-43,53-59,62-64,95-98H,8,11-12,24-27,29-30,32-35,38-40H2,1-7H3,(H2,79,102)(H,80,83)(H,81,82)(H,84,106)(H,85,103)(H,86,105)(H,87,108)(H,88,110)(H,89,104)(H,90,109)(H,91,99)(H,92,107)(H,93,112)(H,100,101)/t42-,43-,53+,54+,55+,56+,57+,58+,59+,62+,63+,64-,78+/m1/s1. The van der Waals surface area contributed by atoms with Crippen LogP contribution >= 0.6 is 23.5 Å². The SMILES string of the molecule is CCC[C@@H]1NC(=O)[C@H](Cc2c[nH]c3ncccc23)NC(=O)[C@H]([C@@H](C)O)NC(=O)[C@H](Cc2c[nH]cn2)NC(=O)[C@H](Cc2ccc(O)cc2)NC(=O)[C@H](C(C)(C)C)NC(=O)CCSCc2cccc(c2)CSC[C@@H](C(N)=O)NC(=O)[C@H]([C@@H](C)O)NC(=O)[C@]2(C)CCCN2C(=O)[C@H](Cc2ccc(O)cc2)NC(=O)[C@H](CCC(=O)O)NC1=O. The van der Waals surface area contributed by atoms with Gasteiger partial charge < -0.3 is 99.3 Å². The van der Waals surface area contributed by atoms with Gasteiger partial charge in [-0.2, -0.15) is 23.5 Å². The van der Waals surface area contributed by atoms with Crippen molar-refractivity contribution < 1.29 is 87.9 Å². The molecule has 1 saturated heterocycles. The number of aromatic nitrogens is 4. The molecule has 34 nitrogen and oxygen atoms in total. The Morgan fingerprint density at radius 3 is 1.74 bits per heavy atom. The number of benzene rings is 3. The monoisotopic (exact) mass is 1610 g/mol. The number of nitrogens with one attached hydrogen (secondary N) is 12. The highest BCUT2D eigenvalue weighted by Gasteiger charge is 2.49. The number of aromatic amines is 2. The lowest BCUT2D eigenvalue weighted by atomic mass is 9.85. The van der Waals surface area contributed by atoms with Gasteiger partial charge in [-0.3, -0.25) is 62.3 Å². The van der Waals surface area contributed by atoms with Crippen molar-refractivity contribution in [3.05, 3.63) is 143 Å². The Hall–Kier alpha value is -11.1. The van der Waals surface area contributed by atoms with Crippen molar-refractivity contribution in [3.63, 3.8) is 0 Å². The van der Waals surface area contributed by atoms with E-state index in [2.05, 4.69) is 73.1 Å². The second-order valence-corrected chi connectivity index (χ2v) is 31.9. The van der Waals surface area contributed by atoms with E-state index < -0.39 is 173 Å². The molecular formula is C78H102N16O18S2. The topological polar surface area (TPSA) is 530 Å². The number of imidazole rings is 1. The molecule has 0 radical (unpaired) electrons.